The maximum atomic E-state index is 6.21. The summed E-state index contributed by atoms with van der Waals surface area (Å²) in [6, 6.07) is 9.43. The summed E-state index contributed by atoms with van der Waals surface area (Å²) in [5.41, 5.74) is 4.85. The lowest BCUT2D eigenvalue weighted by atomic mass is 10.0. The average molecular weight is 326 g/mol. The van der Waals surface area contributed by atoms with E-state index in [9.17, 15) is 0 Å². The van der Waals surface area contributed by atoms with Crippen LogP contribution in [0.2, 0.25) is 10.0 Å². The fourth-order valence-electron chi connectivity index (χ4n) is 2.10. The van der Waals surface area contributed by atoms with Gasteiger partial charge in [-0.15, -0.1) is 0 Å². The summed E-state index contributed by atoms with van der Waals surface area (Å²) in [6.45, 7) is 0. The van der Waals surface area contributed by atoms with Crippen LogP contribution in [0.4, 0.5) is 0 Å². The molecule has 2 aromatic rings. The number of ether oxygens (including phenoxy) is 1. The Kier molecular flexibility index (Phi) is 5.82. The number of nitrogens with two attached hydrogens (primary N) is 1. The molecule has 1 heterocycles. The van der Waals surface area contributed by atoms with Crippen molar-refractivity contribution in [3.05, 3.63) is 57.7 Å². The molecule has 6 heteroatoms. The molecule has 0 aliphatic carbocycles. The van der Waals surface area contributed by atoms with Crippen LogP contribution in [0.3, 0.4) is 0 Å². The first kappa shape index (κ1) is 16.0. The van der Waals surface area contributed by atoms with Crippen molar-refractivity contribution in [1.29, 1.82) is 0 Å². The summed E-state index contributed by atoms with van der Waals surface area (Å²) >= 11 is 12.2. The van der Waals surface area contributed by atoms with Crippen molar-refractivity contribution in [3.8, 4) is 5.88 Å². The molecule has 2 rings (SSSR count). The van der Waals surface area contributed by atoms with Gasteiger partial charge in [-0.1, -0.05) is 41.4 Å². The maximum absolute atomic E-state index is 6.21. The van der Waals surface area contributed by atoms with E-state index >= 15 is 0 Å². The summed E-state index contributed by atoms with van der Waals surface area (Å²) in [5.74, 6) is 6.23. The number of benzene rings is 1. The Balaban J connectivity index is 2.07. The van der Waals surface area contributed by atoms with Gasteiger partial charge in [-0.25, -0.2) is 4.98 Å². The molecule has 1 aromatic heterocycles. The van der Waals surface area contributed by atoms with Crippen LogP contribution in [-0.4, -0.2) is 18.1 Å². The third-order valence-corrected chi connectivity index (χ3v) is 4.08. The smallest absolute Gasteiger partial charge is 0.212 e. The predicted molar refractivity (Wildman–Crippen MR) is 85.8 cm³/mol. The van der Waals surface area contributed by atoms with Gasteiger partial charge < -0.3 is 4.74 Å². The molecule has 0 saturated heterocycles. The van der Waals surface area contributed by atoms with E-state index in [1.807, 2.05) is 24.3 Å². The molecule has 1 atom stereocenters. The predicted octanol–water partition coefficient (Wildman–Crippen LogP) is 3.01. The summed E-state index contributed by atoms with van der Waals surface area (Å²) in [7, 11) is 1.59. The standard InChI is InChI=1S/C15H17Cl2N3O/c1-21-14-6-5-10(9-19-14)7-12(20-18)8-11-3-2-4-13(16)15(11)17/h2-6,9,12,20H,7-8,18H2,1H3. The van der Waals surface area contributed by atoms with Crippen molar-refractivity contribution in [1.82, 2.24) is 10.4 Å². The van der Waals surface area contributed by atoms with Gasteiger partial charge in [0.2, 0.25) is 5.88 Å². The second-order valence-electron chi connectivity index (χ2n) is 4.69. The highest BCUT2D eigenvalue weighted by atomic mass is 35.5. The molecule has 4 nitrogen and oxygen atoms in total. The van der Waals surface area contributed by atoms with Crippen LogP contribution < -0.4 is 16.0 Å². The van der Waals surface area contributed by atoms with Crippen molar-refractivity contribution in [2.75, 3.05) is 7.11 Å². The Bertz CT molecular complexity index is 590. The number of hydrogen-bond donors (Lipinski definition) is 2. The molecule has 0 amide bonds. The van der Waals surface area contributed by atoms with E-state index in [2.05, 4.69) is 10.4 Å². The van der Waals surface area contributed by atoms with Crippen molar-refractivity contribution < 1.29 is 4.74 Å². The molecular formula is C15H17Cl2N3O. The van der Waals surface area contributed by atoms with Crippen LogP contribution in [0.5, 0.6) is 5.88 Å². The molecule has 1 aromatic carbocycles. The Hall–Kier alpha value is -1.33. The van der Waals surface area contributed by atoms with Crippen molar-refractivity contribution in [3.63, 3.8) is 0 Å². The molecular weight excluding hydrogens is 309 g/mol. The van der Waals surface area contributed by atoms with Gasteiger partial charge in [0.1, 0.15) is 0 Å². The number of aromatic nitrogens is 1. The quantitative estimate of drug-likeness (QED) is 0.633. The first-order valence-electron chi connectivity index (χ1n) is 6.52. The first-order chi connectivity index (χ1) is 10.1. The molecule has 0 fully saturated rings. The van der Waals surface area contributed by atoms with Crippen molar-refractivity contribution in [2.24, 2.45) is 5.84 Å². The first-order valence-corrected chi connectivity index (χ1v) is 7.27. The van der Waals surface area contributed by atoms with Gasteiger partial charge in [0.15, 0.2) is 0 Å². The zero-order valence-electron chi connectivity index (χ0n) is 11.6. The van der Waals surface area contributed by atoms with Gasteiger partial charge in [0, 0.05) is 18.3 Å². The lowest BCUT2D eigenvalue weighted by Gasteiger charge is -2.17. The number of methoxy groups -OCH3 is 1. The van der Waals surface area contributed by atoms with Gasteiger partial charge in [0.05, 0.1) is 17.2 Å². The van der Waals surface area contributed by atoms with Crippen LogP contribution in [-0.2, 0) is 12.8 Å². The number of nitrogens with zero attached hydrogens (tertiary/aromatic N) is 1. The summed E-state index contributed by atoms with van der Waals surface area (Å²) in [5, 5.41) is 1.13. The molecule has 0 radical (unpaired) electrons. The van der Waals surface area contributed by atoms with E-state index in [0.717, 1.165) is 17.5 Å². The molecule has 0 saturated carbocycles. The largest absolute Gasteiger partial charge is 0.481 e. The van der Waals surface area contributed by atoms with Gasteiger partial charge in [-0.3, -0.25) is 11.3 Å². The fraction of sp³-hybridized carbons (Fsp3) is 0.267. The molecule has 0 aliphatic heterocycles. The zero-order valence-corrected chi connectivity index (χ0v) is 13.2. The van der Waals surface area contributed by atoms with E-state index < -0.39 is 0 Å². The van der Waals surface area contributed by atoms with Crippen LogP contribution in [0.25, 0.3) is 0 Å². The van der Waals surface area contributed by atoms with Gasteiger partial charge in [-0.2, -0.15) is 0 Å². The van der Waals surface area contributed by atoms with Gasteiger partial charge in [-0.05, 0) is 30.0 Å². The van der Waals surface area contributed by atoms with E-state index in [0.29, 0.717) is 22.3 Å². The number of rotatable bonds is 6. The van der Waals surface area contributed by atoms with Crippen molar-refractivity contribution in [2.45, 2.75) is 18.9 Å². The van der Waals surface area contributed by atoms with E-state index in [4.69, 9.17) is 33.8 Å². The van der Waals surface area contributed by atoms with Crippen LogP contribution >= 0.6 is 23.2 Å². The molecule has 1 unspecified atom stereocenters. The summed E-state index contributed by atoms with van der Waals surface area (Å²) in [6.07, 6.45) is 3.20. The Morgan fingerprint density at radius 1 is 1.24 bits per heavy atom. The Morgan fingerprint density at radius 2 is 2.05 bits per heavy atom. The fourth-order valence-corrected chi connectivity index (χ4v) is 2.50. The third-order valence-electron chi connectivity index (χ3n) is 3.22. The average Bonchev–Trinajstić information content (AvgIpc) is 2.51. The van der Waals surface area contributed by atoms with Gasteiger partial charge in [0.25, 0.3) is 0 Å². The summed E-state index contributed by atoms with van der Waals surface area (Å²) < 4.78 is 5.04. The second kappa shape index (κ2) is 7.61. The lowest BCUT2D eigenvalue weighted by molar-refractivity contribution is 0.397. The normalized spacial score (nSPS) is 12.2. The number of hydrazine groups is 1. The van der Waals surface area contributed by atoms with Gasteiger partial charge >= 0.3 is 0 Å². The molecule has 0 aliphatic rings. The van der Waals surface area contributed by atoms with Crippen LogP contribution in [0, 0.1) is 0 Å². The van der Waals surface area contributed by atoms with Crippen molar-refractivity contribution >= 4 is 23.2 Å². The molecule has 0 spiro atoms. The highest BCUT2D eigenvalue weighted by molar-refractivity contribution is 6.42. The molecule has 112 valence electrons. The topological polar surface area (TPSA) is 60.2 Å². The SMILES string of the molecule is COc1ccc(CC(Cc2cccc(Cl)c2Cl)NN)cn1. The maximum Gasteiger partial charge on any atom is 0.212 e. The van der Waals surface area contributed by atoms with E-state index in [-0.39, 0.29) is 6.04 Å². The number of nitrogens with one attached hydrogen (secondary N) is 1. The van der Waals surface area contributed by atoms with E-state index in [1.165, 1.54) is 0 Å². The number of halogens is 2. The third kappa shape index (κ3) is 4.32. The minimum absolute atomic E-state index is 0.0381. The zero-order chi connectivity index (χ0) is 15.2. The minimum Gasteiger partial charge on any atom is -0.481 e. The highest BCUT2D eigenvalue weighted by Gasteiger charge is 2.13. The Morgan fingerprint density at radius 3 is 2.67 bits per heavy atom. The van der Waals surface area contributed by atoms with Crippen LogP contribution in [0.15, 0.2) is 36.5 Å². The minimum atomic E-state index is 0.0381. The summed E-state index contributed by atoms with van der Waals surface area (Å²) in [4.78, 5) is 4.19. The number of pyridine rings is 1. The molecule has 21 heavy (non-hydrogen) atoms. The lowest BCUT2D eigenvalue weighted by Crippen LogP contribution is -2.38. The molecule has 0 bridgehead atoms. The van der Waals surface area contributed by atoms with Crippen LogP contribution in [0.1, 0.15) is 11.1 Å². The monoisotopic (exact) mass is 325 g/mol. The second-order valence-corrected chi connectivity index (χ2v) is 5.48. The molecule has 3 N–H and O–H groups in total. The number of hydrogen-bond acceptors (Lipinski definition) is 4. The highest BCUT2D eigenvalue weighted by Crippen LogP contribution is 2.26. The Labute approximate surface area is 134 Å². The van der Waals surface area contributed by atoms with E-state index in [1.54, 1.807) is 19.4 Å².